The molecule has 8 heteroatoms. The van der Waals surface area contributed by atoms with Crippen LogP contribution in [0.5, 0.6) is 0 Å². The van der Waals surface area contributed by atoms with Crippen LogP contribution in [0, 0.1) is 0 Å². The molecule has 0 aliphatic carbocycles. The molecule has 0 spiro atoms. The summed E-state index contributed by atoms with van der Waals surface area (Å²) >= 11 is 0. The van der Waals surface area contributed by atoms with E-state index in [0.717, 1.165) is 6.07 Å². The van der Waals surface area contributed by atoms with Crippen molar-refractivity contribution in [3.63, 3.8) is 0 Å². The molecule has 110 valence electrons. The monoisotopic (exact) mass is 292 g/mol. The molecule has 0 aliphatic rings. The minimum Gasteiger partial charge on any atom is -0.481 e. The number of benzene rings is 1. The van der Waals surface area contributed by atoms with E-state index >= 15 is 0 Å². The Morgan fingerprint density at radius 1 is 1.30 bits per heavy atom. The second kappa shape index (κ2) is 6.02. The maximum atomic E-state index is 12.5. The molecule has 1 aromatic carbocycles. The van der Waals surface area contributed by atoms with Crippen LogP contribution in [0.4, 0.5) is 13.2 Å². The molecule has 0 saturated heterocycles. The van der Waals surface area contributed by atoms with Crippen LogP contribution >= 0.6 is 0 Å². The van der Waals surface area contributed by atoms with Crippen LogP contribution in [0.1, 0.15) is 34.0 Å². The first-order valence-corrected chi connectivity index (χ1v) is 5.41. The number of carboxylic acid groups (broad SMARTS) is 1. The normalized spacial score (nSPS) is 14.7. The molecule has 1 rings (SSSR count). The van der Waals surface area contributed by atoms with Crippen molar-refractivity contribution in [3.8, 4) is 0 Å². The van der Waals surface area contributed by atoms with Gasteiger partial charge in [-0.3, -0.25) is 9.59 Å². The van der Waals surface area contributed by atoms with Crippen LogP contribution in [-0.2, 0) is 11.0 Å². The van der Waals surface area contributed by atoms with Gasteiger partial charge in [-0.1, -0.05) is 6.07 Å². The summed E-state index contributed by atoms with van der Waals surface area (Å²) in [4.78, 5) is 21.2. The van der Waals surface area contributed by atoms with Crippen molar-refractivity contribution in [1.29, 1.82) is 0 Å². The van der Waals surface area contributed by atoms with Gasteiger partial charge >= 0.3 is 12.1 Å². The minimum absolute atomic E-state index is 0.0985. The second-order valence-electron chi connectivity index (χ2n) is 4.07. The number of carbonyl (C=O) groups is 2. The Bertz CT molecular complexity index is 512. The van der Waals surface area contributed by atoms with Gasteiger partial charge in [0.1, 0.15) is 12.4 Å². The molecule has 0 aromatic heterocycles. The SMILES string of the molecule is O=Cc1cc(C(F)(F)F)ccc1C(O)C(O)CC(=O)O. The molecule has 2 atom stereocenters. The van der Waals surface area contributed by atoms with E-state index < -0.39 is 41.9 Å². The highest BCUT2D eigenvalue weighted by atomic mass is 19.4. The van der Waals surface area contributed by atoms with Gasteiger partial charge in [-0.2, -0.15) is 13.2 Å². The fourth-order valence-corrected chi connectivity index (χ4v) is 1.62. The third kappa shape index (κ3) is 3.78. The van der Waals surface area contributed by atoms with Crippen molar-refractivity contribution in [2.45, 2.75) is 24.8 Å². The summed E-state index contributed by atoms with van der Waals surface area (Å²) in [5.41, 5.74) is -1.80. The lowest BCUT2D eigenvalue weighted by Crippen LogP contribution is -2.23. The number of carbonyl (C=O) groups excluding carboxylic acids is 1. The molecule has 0 aliphatic heterocycles. The number of aldehydes is 1. The predicted molar refractivity (Wildman–Crippen MR) is 60.1 cm³/mol. The van der Waals surface area contributed by atoms with Crippen LogP contribution in [0.3, 0.4) is 0 Å². The average Bonchev–Trinajstić information content (AvgIpc) is 2.35. The quantitative estimate of drug-likeness (QED) is 0.713. The van der Waals surface area contributed by atoms with Crippen LogP contribution in [0.25, 0.3) is 0 Å². The molecule has 20 heavy (non-hydrogen) atoms. The average molecular weight is 292 g/mol. The van der Waals surface area contributed by atoms with E-state index in [2.05, 4.69) is 0 Å². The number of hydrogen-bond acceptors (Lipinski definition) is 4. The zero-order valence-electron chi connectivity index (χ0n) is 9.96. The van der Waals surface area contributed by atoms with E-state index in [9.17, 15) is 33.0 Å². The van der Waals surface area contributed by atoms with Gasteiger partial charge in [0, 0.05) is 5.56 Å². The van der Waals surface area contributed by atoms with E-state index in [1.54, 1.807) is 0 Å². The first-order valence-electron chi connectivity index (χ1n) is 5.41. The standard InChI is InChI=1S/C12H11F3O5/c13-12(14,15)7-1-2-8(6(3-7)5-16)11(20)9(17)4-10(18)19/h1-3,5,9,11,17,20H,4H2,(H,18,19). The number of alkyl halides is 3. The smallest absolute Gasteiger partial charge is 0.416 e. The molecule has 0 amide bonds. The lowest BCUT2D eigenvalue weighted by molar-refractivity contribution is -0.141. The fraction of sp³-hybridized carbons (Fsp3) is 0.333. The van der Waals surface area contributed by atoms with Crippen molar-refractivity contribution in [3.05, 3.63) is 34.9 Å². The third-order valence-electron chi connectivity index (χ3n) is 2.61. The van der Waals surface area contributed by atoms with Crippen LogP contribution in [-0.4, -0.2) is 33.7 Å². The lowest BCUT2D eigenvalue weighted by Gasteiger charge is -2.19. The molecule has 0 fully saturated rings. The Kier molecular flexibility index (Phi) is 4.85. The Morgan fingerprint density at radius 2 is 1.90 bits per heavy atom. The largest absolute Gasteiger partial charge is 0.481 e. The summed E-state index contributed by atoms with van der Waals surface area (Å²) in [5, 5.41) is 27.6. The van der Waals surface area contributed by atoms with E-state index in [1.165, 1.54) is 0 Å². The zero-order chi connectivity index (χ0) is 15.5. The Hall–Kier alpha value is -1.93. The minimum atomic E-state index is -4.65. The lowest BCUT2D eigenvalue weighted by atomic mass is 9.96. The Balaban J connectivity index is 3.12. The number of hydrogen-bond donors (Lipinski definition) is 3. The van der Waals surface area contributed by atoms with E-state index in [4.69, 9.17) is 5.11 Å². The number of rotatable bonds is 5. The summed E-state index contributed by atoms with van der Waals surface area (Å²) in [6.45, 7) is 0. The van der Waals surface area contributed by atoms with Crippen LogP contribution in [0.15, 0.2) is 18.2 Å². The van der Waals surface area contributed by atoms with Gasteiger partial charge in [-0.25, -0.2) is 0 Å². The van der Waals surface area contributed by atoms with Gasteiger partial charge in [-0.05, 0) is 17.7 Å². The van der Waals surface area contributed by atoms with Crippen molar-refractivity contribution < 1.29 is 38.1 Å². The van der Waals surface area contributed by atoms with Gasteiger partial charge in [0.05, 0.1) is 18.1 Å². The Labute approximate surface area is 111 Å². The molecular formula is C12H11F3O5. The highest BCUT2D eigenvalue weighted by molar-refractivity contribution is 5.78. The van der Waals surface area contributed by atoms with E-state index in [-0.39, 0.29) is 11.8 Å². The summed E-state index contributed by atoms with van der Waals surface area (Å²) in [7, 11) is 0. The molecule has 0 heterocycles. The molecule has 0 radical (unpaired) electrons. The summed E-state index contributed by atoms with van der Waals surface area (Å²) in [6, 6.07) is 2.00. The number of aliphatic hydroxyl groups is 2. The first kappa shape index (κ1) is 16.1. The highest BCUT2D eigenvalue weighted by Gasteiger charge is 2.32. The van der Waals surface area contributed by atoms with Crippen LogP contribution in [0.2, 0.25) is 0 Å². The topological polar surface area (TPSA) is 94.8 Å². The number of aliphatic hydroxyl groups excluding tert-OH is 2. The van der Waals surface area contributed by atoms with Crippen molar-refractivity contribution in [2.75, 3.05) is 0 Å². The van der Waals surface area contributed by atoms with Crippen molar-refractivity contribution in [2.24, 2.45) is 0 Å². The van der Waals surface area contributed by atoms with Crippen LogP contribution < -0.4 is 0 Å². The summed E-state index contributed by atoms with van der Waals surface area (Å²) < 4.78 is 37.4. The number of aliphatic carboxylic acids is 1. The molecule has 5 nitrogen and oxygen atoms in total. The fourth-order valence-electron chi connectivity index (χ4n) is 1.62. The highest BCUT2D eigenvalue weighted by Crippen LogP contribution is 2.32. The number of carboxylic acids is 1. The summed E-state index contributed by atoms with van der Waals surface area (Å²) in [6.07, 6.45) is -8.86. The maximum absolute atomic E-state index is 12.5. The van der Waals surface area contributed by atoms with Gasteiger partial charge < -0.3 is 15.3 Å². The maximum Gasteiger partial charge on any atom is 0.416 e. The zero-order valence-corrected chi connectivity index (χ0v) is 9.96. The number of halogens is 3. The van der Waals surface area contributed by atoms with E-state index in [1.807, 2.05) is 0 Å². The molecule has 2 unspecified atom stereocenters. The van der Waals surface area contributed by atoms with Gasteiger partial charge in [0.2, 0.25) is 0 Å². The molecule has 0 saturated carbocycles. The van der Waals surface area contributed by atoms with Gasteiger partial charge in [-0.15, -0.1) is 0 Å². The Morgan fingerprint density at radius 3 is 2.35 bits per heavy atom. The molecular weight excluding hydrogens is 281 g/mol. The van der Waals surface area contributed by atoms with Crippen molar-refractivity contribution >= 4 is 12.3 Å². The molecule has 0 bridgehead atoms. The predicted octanol–water partition coefficient (Wildman–Crippen LogP) is 1.39. The molecule has 1 aromatic rings. The van der Waals surface area contributed by atoms with E-state index in [0.29, 0.717) is 12.1 Å². The van der Waals surface area contributed by atoms with Crippen molar-refractivity contribution in [1.82, 2.24) is 0 Å². The van der Waals surface area contributed by atoms with Gasteiger partial charge in [0.15, 0.2) is 0 Å². The third-order valence-corrected chi connectivity index (χ3v) is 2.61. The summed E-state index contributed by atoms with van der Waals surface area (Å²) in [5.74, 6) is -1.39. The first-order chi connectivity index (χ1) is 9.16. The van der Waals surface area contributed by atoms with Gasteiger partial charge in [0.25, 0.3) is 0 Å². The second-order valence-corrected chi connectivity index (χ2v) is 4.07. The molecule has 3 N–H and O–H groups in total.